The molecule has 2 rings (SSSR count). The summed E-state index contributed by atoms with van der Waals surface area (Å²) in [6, 6.07) is 0. The zero-order valence-corrected chi connectivity index (χ0v) is 11.1. The molecule has 0 radical (unpaired) electrons. The van der Waals surface area contributed by atoms with Crippen molar-refractivity contribution in [2.75, 3.05) is 13.1 Å². The summed E-state index contributed by atoms with van der Waals surface area (Å²) in [6.45, 7) is 10.5. The minimum Gasteiger partial charge on any atom is -0.316 e. The number of fused-ring (bicyclic) bond motifs is 1. The van der Waals surface area contributed by atoms with Crippen LogP contribution in [0.25, 0.3) is 0 Å². The molecule has 1 N–H and O–H groups in total. The summed E-state index contributed by atoms with van der Waals surface area (Å²) >= 11 is 4.52. The highest BCUT2D eigenvalue weighted by Crippen LogP contribution is 2.34. The Morgan fingerprint density at radius 2 is 1.50 bits per heavy atom. The molecule has 1 aliphatic carbocycles. The average Bonchev–Trinajstić information content (AvgIpc) is 2.71. The first kappa shape index (κ1) is 14.3. The molecule has 1 saturated heterocycles. The van der Waals surface area contributed by atoms with Crippen molar-refractivity contribution in [2.24, 2.45) is 11.8 Å². The van der Waals surface area contributed by atoms with Gasteiger partial charge in [0, 0.05) is 5.25 Å². The van der Waals surface area contributed by atoms with E-state index in [2.05, 4.69) is 17.9 Å². The Kier molecular flexibility index (Phi) is 8.80. The Balaban J connectivity index is 0.000000379. The van der Waals surface area contributed by atoms with E-state index in [9.17, 15) is 0 Å². The lowest BCUT2D eigenvalue weighted by molar-refractivity contribution is 0.307. The van der Waals surface area contributed by atoms with E-state index < -0.39 is 0 Å². The molecule has 0 bridgehead atoms. The van der Waals surface area contributed by atoms with Gasteiger partial charge in [0.2, 0.25) is 0 Å². The van der Waals surface area contributed by atoms with E-state index in [1.807, 2.05) is 27.7 Å². The summed E-state index contributed by atoms with van der Waals surface area (Å²) in [5, 5.41) is 4.15. The van der Waals surface area contributed by atoms with Crippen LogP contribution in [0.1, 0.15) is 47.0 Å². The predicted octanol–water partition coefficient (Wildman–Crippen LogP) is 3.36. The first-order valence-corrected chi connectivity index (χ1v) is 6.76. The largest absolute Gasteiger partial charge is 0.316 e. The Morgan fingerprint density at radius 1 is 0.929 bits per heavy atom. The minimum absolute atomic E-state index is 0.696. The van der Waals surface area contributed by atoms with Crippen molar-refractivity contribution >= 4 is 12.6 Å². The van der Waals surface area contributed by atoms with Crippen LogP contribution >= 0.6 is 12.6 Å². The van der Waals surface area contributed by atoms with Gasteiger partial charge in [-0.3, -0.25) is 0 Å². The van der Waals surface area contributed by atoms with Gasteiger partial charge >= 0.3 is 0 Å². The van der Waals surface area contributed by atoms with Crippen LogP contribution < -0.4 is 5.32 Å². The molecule has 0 aromatic carbocycles. The van der Waals surface area contributed by atoms with Gasteiger partial charge in [-0.1, -0.05) is 27.7 Å². The van der Waals surface area contributed by atoms with Crippen LogP contribution in [0, 0.1) is 11.8 Å². The Morgan fingerprint density at radius 3 is 2.14 bits per heavy atom. The Labute approximate surface area is 95.5 Å². The predicted molar refractivity (Wildman–Crippen MR) is 69.2 cm³/mol. The van der Waals surface area contributed by atoms with Crippen LogP contribution in [-0.2, 0) is 0 Å². The van der Waals surface area contributed by atoms with E-state index in [1.54, 1.807) is 0 Å². The molecule has 0 spiro atoms. The van der Waals surface area contributed by atoms with Gasteiger partial charge in [-0.25, -0.2) is 0 Å². The molecule has 1 saturated carbocycles. The molecule has 14 heavy (non-hydrogen) atoms. The number of rotatable bonds is 0. The highest BCUT2D eigenvalue weighted by molar-refractivity contribution is 7.80. The van der Waals surface area contributed by atoms with Crippen LogP contribution in [0.15, 0.2) is 0 Å². The van der Waals surface area contributed by atoms with Crippen molar-refractivity contribution < 1.29 is 0 Å². The van der Waals surface area contributed by atoms with Gasteiger partial charge in [0.05, 0.1) is 0 Å². The molecule has 2 aliphatic rings. The van der Waals surface area contributed by atoms with E-state index >= 15 is 0 Å². The molecule has 0 aromatic heterocycles. The monoisotopic (exact) mass is 217 g/mol. The van der Waals surface area contributed by atoms with Crippen molar-refractivity contribution in [1.82, 2.24) is 5.32 Å². The average molecular weight is 217 g/mol. The van der Waals surface area contributed by atoms with Crippen LogP contribution in [0.4, 0.5) is 0 Å². The topological polar surface area (TPSA) is 12.0 Å². The van der Waals surface area contributed by atoms with Crippen LogP contribution in [-0.4, -0.2) is 18.3 Å². The van der Waals surface area contributed by atoms with Crippen molar-refractivity contribution in [3.8, 4) is 0 Å². The smallest absolute Gasteiger partial charge is 0.00201 e. The van der Waals surface area contributed by atoms with Gasteiger partial charge in [-0.2, -0.15) is 12.6 Å². The van der Waals surface area contributed by atoms with Crippen molar-refractivity contribution in [1.29, 1.82) is 0 Å². The van der Waals surface area contributed by atoms with E-state index in [-0.39, 0.29) is 0 Å². The van der Waals surface area contributed by atoms with E-state index in [0.29, 0.717) is 5.25 Å². The highest BCUT2D eigenvalue weighted by atomic mass is 32.1. The molecule has 1 nitrogen and oxygen atoms in total. The van der Waals surface area contributed by atoms with Crippen molar-refractivity contribution in [3.63, 3.8) is 0 Å². The molecule has 2 heteroatoms. The maximum absolute atomic E-state index is 4.52. The zero-order chi connectivity index (χ0) is 11.0. The second kappa shape index (κ2) is 8.60. The minimum atomic E-state index is 0.696. The Bertz CT molecular complexity index is 127. The molecule has 2 fully saturated rings. The van der Waals surface area contributed by atoms with Crippen molar-refractivity contribution in [3.05, 3.63) is 0 Å². The molecule has 0 amide bonds. The van der Waals surface area contributed by atoms with E-state index in [0.717, 1.165) is 11.8 Å². The summed E-state index contributed by atoms with van der Waals surface area (Å²) in [7, 11) is 0. The number of hydrogen-bond donors (Lipinski definition) is 2. The van der Waals surface area contributed by atoms with E-state index in [1.165, 1.54) is 32.4 Å². The van der Waals surface area contributed by atoms with Crippen molar-refractivity contribution in [2.45, 2.75) is 52.2 Å². The number of thiol groups is 1. The second-order valence-corrected chi connectivity index (χ2v) is 4.38. The van der Waals surface area contributed by atoms with Crippen LogP contribution in [0.2, 0.25) is 0 Å². The lowest BCUT2D eigenvalue weighted by Gasteiger charge is -2.27. The second-order valence-electron chi connectivity index (χ2n) is 3.65. The maximum Gasteiger partial charge on any atom is 0.00201 e. The highest BCUT2D eigenvalue weighted by Gasteiger charge is 2.32. The summed E-state index contributed by atoms with van der Waals surface area (Å²) in [6.07, 6.45) is 4.10. The molecular weight excluding hydrogens is 190 g/mol. The SMILES string of the molecule is CC.CC.SC1CCC2CNCC2C1. The van der Waals surface area contributed by atoms with Gasteiger partial charge in [-0.15, -0.1) is 0 Å². The van der Waals surface area contributed by atoms with Gasteiger partial charge in [0.15, 0.2) is 0 Å². The molecule has 0 aromatic rings. The van der Waals surface area contributed by atoms with Gasteiger partial charge < -0.3 is 5.32 Å². The summed E-state index contributed by atoms with van der Waals surface area (Å²) in [5.41, 5.74) is 0. The van der Waals surface area contributed by atoms with Gasteiger partial charge in [-0.05, 0) is 44.2 Å². The number of nitrogens with one attached hydrogen (secondary N) is 1. The lowest BCUT2D eigenvalue weighted by atomic mass is 9.81. The fourth-order valence-electron chi connectivity index (χ4n) is 2.27. The number of hydrogen-bond acceptors (Lipinski definition) is 2. The van der Waals surface area contributed by atoms with Gasteiger partial charge in [0.25, 0.3) is 0 Å². The molecule has 1 heterocycles. The lowest BCUT2D eigenvalue weighted by Crippen LogP contribution is -2.23. The summed E-state index contributed by atoms with van der Waals surface area (Å²) in [5.74, 6) is 1.94. The molecule has 86 valence electrons. The fraction of sp³-hybridized carbons (Fsp3) is 1.00. The normalized spacial score (nSPS) is 34.5. The van der Waals surface area contributed by atoms with Gasteiger partial charge in [0.1, 0.15) is 0 Å². The molecular formula is C12H27NS. The van der Waals surface area contributed by atoms with Crippen LogP contribution in [0.5, 0.6) is 0 Å². The molecule has 3 atom stereocenters. The zero-order valence-electron chi connectivity index (χ0n) is 10.2. The third-order valence-corrected chi connectivity index (χ3v) is 3.39. The third kappa shape index (κ3) is 4.22. The first-order valence-electron chi connectivity index (χ1n) is 6.25. The third-order valence-electron chi connectivity index (χ3n) is 2.93. The van der Waals surface area contributed by atoms with E-state index in [4.69, 9.17) is 0 Å². The maximum atomic E-state index is 4.52. The quantitative estimate of drug-likeness (QED) is 0.593. The van der Waals surface area contributed by atoms with Crippen LogP contribution in [0.3, 0.4) is 0 Å². The summed E-state index contributed by atoms with van der Waals surface area (Å²) in [4.78, 5) is 0. The molecule has 1 aliphatic heterocycles. The standard InChI is InChI=1S/C8H15NS.2C2H6/c10-8-2-1-6-4-9-5-7(6)3-8;2*1-2/h6-10H,1-5H2;2*1-2H3. The fourth-order valence-corrected chi connectivity index (χ4v) is 2.69. The molecule has 3 unspecified atom stereocenters. The first-order chi connectivity index (χ1) is 6.86. The summed E-state index contributed by atoms with van der Waals surface area (Å²) < 4.78 is 0. The Hall–Kier alpha value is 0.310.